The van der Waals surface area contributed by atoms with Gasteiger partial charge in [0.05, 0.1) is 26.9 Å². The molecule has 160 valence electrons. The number of hydrogen-bond acceptors (Lipinski definition) is 6. The molecule has 0 bridgehead atoms. The number of esters is 1. The average Bonchev–Trinajstić information content (AvgIpc) is 3.00. The Balaban J connectivity index is 1.92. The number of aliphatic hydroxyl groups is 1. The van der Waals surface area contributed by atoms with Gasteiger partial charge in [-0.25, -0.2) is 4.79 Å². The van der Waals surface area contributed by atoms with Crippen molar-refractivity contribution in [3.8, 4) is 17.2 Å². The van der Waals surface area contributed by atoms with Gasteiger partial charge in [-0.3, -0.25) is 0 Å². The Morgan fingerprint density at radius 1 is 1.00 bits per heavy atom. The van der Waals surface area contributed by atoms with Crippen LogP contribution in [0.3, 0.4) is 0 Å². The van der Waals surface area contributed by atoms with Gasteiger partial charge in [-0.15, -0.1) is 0 Å². The van der Waals surface area contributed by atoms with Crippen molar-refractivity contribution in [2.45, 2.75) is 18.4 Å². The lowest BCUT2D eigenvalue weighted by atomic mass is 10.00. The Hall–Kier alpha value is -3.20. The fourth-order valence-electron chi connectivity index (χ4n) is 3.12. The van der Waals surface area contributed by atoms with Crippen LogP contribution in [0.5, 0.6) is 17.2 Å². The first-order valence-electron chi connectivity index (χ1n) is 8.75. The molecule has 1 atom stereocenters. The molecule has 1 N–H and O–H groups in total. The van der Waals surface area contributed by atoms with E-state index < -0.39 is 23.5 Å². The predicted molar refractivity (Wildman–Crippen MR) is 99.3 cm³/mol. The molecule has 30 heavy (non-hydrogen) atoms. The minimum absolute atomic E-state index is 0.0102. The predicted octanol–water partition coefficient (Wildman–Crippen LogP) is 3.60. The van der Waals surface area contributed by atoms with Gasteiger partial charge in [0.1, 0.15) is 0 Å². The molecule has 3 rings (SSSR count). The van der Waals surface area contributed by atoms with Crippen molar-refractivity contribution in [3.63, 3.8) is 0 Å². The Morgan fingerprint density at radius 2 is 1.57 bits per heavy atom. The first-order chi connectivity index (χ1) is 14.1. The summed E-state index contributed by atoms with van der Waals surface area (Å²) in [7, 11) is 4.22. The lowest BCUT2D eigenvalue weighted by molar-refractivity contribution is -0.182. The van der Waals surface area contributed by atoms with Gasteiger partial charge in [0, 0.05) is 23.6 Å². The molecule has 0 aromatic heterocycles. The van der Waals surface area contributed by atoms with Crippen LogP contribution in [0.1, 0.15) is 16.7 Å². The molecule has 2 aromatic rings. The third kappa shape index (κ3) is 4.06. The number of benzene rings is 2. The van der Waals surface area contributed by atoms with E-state index in [4.69, 9.17) is 18.9 Å². The number of halogens is 3. The maximum absolute atomic E-state index is 12.7. The van der Waals surface area contributed by atoms with Gasteiger partial charge in [-0.05, 0) is 29.8 Å². The molecule has 0 radical (unpaired) electrons. The summed E-state index contributed by atoms with van der Waals surface area (Å²) in [5.74, 6) is -2.08. The monoisotopic (exact) mass is 424 g/mol. The van der Waals surface area contributed by atoms with E-state index in [-0.39, 0.29) is 29.1 Å². The van der Waals surface area contributed by atoms with Gasteiger partial charge in [-0.1, -0.05) is 12.1 Å². The van der Waals surface area contributed by atoms with E-state index in [2.05, 4.69) is 0 Å². The van der Waals surface area contributed by atoms with Crippen molar-refractivity contribution < 1.29 is 42.0 Å². The lowest BCUT2D eigenvalue weighted by Crippen LogP contribution is -2.25. The fraction of sp³-hybridized carbons (Fsp3) is 0.286. The summed E-state index contributed by atoms with van der Waals surface area (Å²) in [6, 6.07) is 7.28. The Kier molecular flexibility index (Phi) is 5.67. The molecule has 1 heterocycles. The van der Waals surface area contributed by atoms with E-state index in [0.29, 0.717) is 11.3 Å². The van der Waals surface area contributed by atoms with E-state index in [0.717, 1.165) is 12.1 Å². The van der Waals surface area contributed by atoms with Crippen LogP contribution in [-0.2, 0) is 27.9 Å². The van der Waals surface area contributed by atoms with E-state index >= 15 is 0 Å². The molecule has 2 aromatic carbocycles. The normalized spacial score (nSPS) is 18.6. The zero-order chi connectivity index (χ0) is 22.1. The minimum atomic E-state index is -4.45. The molecule has 0 aliphatic carbocycles. The van der Waals surface area contributed by atoms with Gasteiger partial charge in [0.25, 0.3) is 5.79 Å². The summed E-state index contributed by atoms with van der Waals surface area (Å²) in [6.45, 7) is 0. The topological polar surface area (TPSA) is 74.2 Å². The van der Waals surface area contributed by atoms with Crippen molar-refractivity contribution in [2.24, 2.45) is 0 Å². The molecule has 0 saturated heterocycles. The SMILES string of the molecule is COc1cc(C2(O)C=C(Cc3ccc(C(F)(F)F)cc3)C(=O)O2)cc(OC)c1OC. The quantitative estimate of drug-likeness (QED) is 0.715. The largest absolute Gasteiger partial charge is 0.493 e. The van der Waals surface area contributed by atoms with Crippen LogP contribution >= 0.6 is 0 Å². The van der Waals surface area contributed by atoms with Crippen molar-refractivity contribution in [2.75, 3.05) is 21.3 Å². The van der Waals surface area contributed by atoms with Crippen molar-refractivity contribution >= 4 is 5.97 Å². The highest BCUT2D eigenvalue weighted by Crippen LogP contribution is 2.43. The summed E-state index contributed by atoms with van der Waals surface area (Å²) < 4.78 is 59.0. The maximum atomic E-state index is 12.7. The molecular formula is C21H19F3O6. The van der Waals surface area contributed by atoms with E-state index in [1.807, 2.05) is 0 Å². The molecule has 0 amide bonds. The highest BCUT2D eigenvalue weighted by Gasteiger charge is 2.41. The number of methoxy groups -OCH3 is 3. The van der Waals surface area contributed by atoms with Gasteiger partial charge in [0.15, 0.2) is 11.5 Å². The number of carbonyl (C=O) groups is 1. The van der Waals surface area contributed by atoms with Crippen LogP contribution in [0.25, 0.3) is 0 Å². The summed E-state index contributed by atoms with van der Waals surface area (Å²) in [5, 5.41) is 10.9. The van der Waals surface area contributed by atoms with Crippen LogP contribution in [0.4, 0.5) is 13.2 Å². The second kappa shape index (κ2) is 7.91. The Bertz CT molecular complexity index is 956. The van der Waals surface area contributed by atoms with Gasteiger partial charge < -0.3 is 24.1 Å². The van der Waals surface area contributed by atoms with Crippen LogP contribution in [0.2, 0.25) is 0 Å². The first kappa shape index (κ1) is 21.5. The molecular weight excluding hydrogens is 405 g/mol. The zero-order valence-corrected chi connectivity index (χ0v) is 16.4. The molecule has 0 spiro atoms. The Labute approximate surface area is 170 Å². The highest BCUT2D eigenvalue weighted by molar-refractivity contribution is 5.92. The highest BCUT2D eigenvalue weighted by atomic mass is 19.4. The van der Waals surface area contributed by atoms with Crippen molar-refractivity contribution in [1.29, 1.82) is 0 Å². The molecule has 9 heteroatoms. The number of hydrogen-bond donors (Lipinski definition) is 1. The van der Waals surface area contributed by atoms with Crippen LogP contribution in [0.15, 0.2) is 48.0 Å². The standard InChI is InChI=1S/C21H19F3O6/c1-27-16-9-15(10-17(28-2)18(16)29-3)20(26)11-13(19(25)30-20)8-12-4-6-14(7-5-12)21(22,23)24/h4-7,9-11,26H,8H2,1-3H3. The fourth-order valence-corrected chi connectivity index (χ4v) is 3.12. The second-order valence-corrected chi connectivity index (χ2v) is 6.54. The third-order valence-corrected chi connectivity index (χ3v) is 4.63. The van der Waals surface area contributed by atoms with Crippen molar-refractivity contribution in [3.05, 3.63) is 64.7 Å². The summed E-state index contributed by atoms with van der Waals surface area (Å²) in [6.07, 6.45) is -3.24. The summed E-state index contributed by atoms with van der Waals surface area (Å²) in [4.78, 5) is 12.3. The first-order valence-corrected chi connectivity index (χ1v) is 8.75. The average molecular weight is 424 g/mol. The summed E-state index contributed by atoms with van der Waals surface area (Å²) in [5.41, 5.74) is -0.0673. The van der Waals surface area contributed by atoms with Gasteiger partial charge in [0.2, 0.25) is 5.75 Å². The number of ether oxygens (including phenoxy) is 4. The van der Waals surface area contributed by atoms with E-state index in [9.17, 15) is 23.1 Å². The summed E-state index contributed by atoms with van der Waals surface area (Å²) >= 11 is 0. The third-order valence-electron chi connectivity index (χ3n) is 4.63. The smallest absolute Gasteiger partial charge is 0.416 e. The number of carbonyl (C=O) groups excluding carboxylic acids is 1. The lowest BCUT2D eigenvalue weighted by Gasteiger charge is -2.22. The molecule has 1 unspecified atom stereocenters. The zero-order valence-electron chi connectivity index (χ0n) is 16.4. The maximum Gasteiger partial charge on any atom is 0.416 e. The molecule has 0 fully saturated rings. The number of cyclic esters (lactones) is 1. The number of alkyl halides is 3. The van der Waals surface area contributed by atoms with Gasteiger partial charge in [-0.2, -0.15) is 13.2 Å². The number of rotatable bonds is 6. The second-order valence-electron chi connectivity index (χ2n) is 6.54. The molecule has 6 nitrogen and oxygen atoms in total. The van der Waals surface area contributed by atoms with Crippen molar-refractivity contribution in [1.82, 2.24) is 0 Å². The molecule has 1 aliphatic rings. The van der Waals surface area contributed by atoms with Crippen LogP contribution < -0.4 is 14.2 Å². The van der Waals surface area contributed by atoms with Gasteiger partial charge >= 0.3 is 12.1 Å². The molecule has 0 saturated carbocycles. The van der Waals surface area contributed by atoms with Crippen LogP contribution in [0, 0.1) is 0 Å². The minimum Gasteiger partial charge on any atom is -0.493 e. The van der Waals surface area contributed by atoms with E-state index in [1.165, 1.54) is 51.7 Å². The van der Waals surface area contributed by atoms with Crippen LogP contribution in [-0.4, -0.2) is 32.4 Å². The molecule has 1 aliphatic heterocycles. The Morgan fingerprint density at radius 3 is 2.03 bits per heavy atom. The van der Waals surface area contributed by atoms with E-state index in [1.54, 1.807) is 0 Å².